The Balaban J connectivity index is 1.63. The zero-order valence-electron chi connectivity index (χ0n) is 21.8. The summed E-state index contributed by atoms with van der Waals surface area (Å²) in [5, 5.41) is 9.23. The van der Waals surface area contributed by atoms with E-state index in [0.717, 1.165) is 23.2 Å². The number of amides is 2. The van der Waals surface area contributed by atoms with Crippen LogP contribution >= 0.6 is 0 Å². The molecule has 37 heavy (non-hydrogen) atoms. The minimum Gasteiger partial charge on any atom is -0.461 e. The molecule has 8 nitrogen and oxygen atoms in total. The number of anilines is 1. The second-order valence-electron chi connectivity index (χ2n) is 10.6. The number of likely N-dealkylation sites (tertiary alicyclic amines) is 1. The number of hydrogen-bond donors (Lipinski definition) is 1. The smallest absolute Gasteiger partial charge is 0.313 e. The number of ether oxygens (including phenoxy) is 2. The van der Waals surface area contributed by atoms with Crippen LogP contribution in [0.3, 0.4) is 0 Å². The molecule has 1 N–H and O–H groups in total. The molecular weight excluding hydrogens is 472 g/mol. The van der Waals surface area contributed by atoms with Crippen LogP contribution in [0.4, 0.5) is 5.69 Å². The highest BCUT2D eigenvalue weighted by Gasteiger charge is 2.75. The van der Waals surface area contributed by atoms with Crippen LogP contribution in [0.15, 0.2) is 42.5 Å². The van der Waals surface area contributed by atoms with E-state index in [2.05, 4.69) is 0 Å². The summed E-state index contributed by atoms with van der Waals surface area (Å²) in [4.78, 5) is 45.3. The van der Waals surface area contributed by atoms with Gasteiger partial charge in [-0.2, -0.15) is 0 Å². The average molecular weight is 509 g/mol. The third-order valence-electron chi connectivity index (χ3n) is 8.41. The summed E-state index contributed by atoms with van der Waals surface area (Å²) in [5.74, 6) is -2.61. The maximum Gasteiger partial charge on any atom is 0.313 e. The molecule has 2 saturated heterocycles. The van der Waals surface area contributed by atoms with Crippen molar-refractivity contribution in [3.8, 4) is 0 Å². The Morgan fingerprint density at radius 2 is 1.84 bits per heavy atom. The van der Waals surface area contributed by atoms with Crippen molar-refractivity contribution in [2.45, 2.75) is 63.7 Å². The van der Waals surface area contributed by atoms with Crippen LogP contribution in [0, 0.1) is 25.7 Å². The van der Waals surface area contributed by atoms with Gasteiger partial charge in [0.2, 0.25) is 5.91 Å². The van der Waals surface area contributed by atoms with E-state index in [9.17, 15) is 19.5 Å². The van der Waals surface area contributed by atoms with E-state index in [1.165, 1.54) is 0 Å². The third-order valence-corrected chi connectivity index (χ3v) is 8.41. The molecule has 0 saturated carbocycles. The van der Waals surface area contributed by atoms with Gasteiger partial charge in [0, 0.05) is 25.4 Å². The van der Waals surface area contributed by atoms with E-state index in [-0.39, 0.29) is 25.0 Å². The Hall–Kier alpha value is -2.97. The van der Waals surface area contributed by atoms with E-state index in [1.807, 2.05) is 57.2 Å². The van der Waals surface area contributed by atoms with Crippen LogP contribution in [0.25, 0.3) is 0 Å². The zero-order chi connectivity index (χ0) is 26.4. The molecule has 4 aliphatic rings. The van der Waals surface area contributed by atoms with E-state index in [0.29, 0.717) is 32.4 Å². The van der Waals surface area contributed by atoms with Crippen molar-refractivity contribution < 1.29 is 29.0 Å². The van der Waals surface area contributed by atoms with Crippen LogP contribution < -0.4 is 4.90 Å². The van der Waals surface area contributed by atoms with Crippen molar-refractivity contribution in [3.63, 3.8) is 0 Å². The molecule has 0 radical (unpaired) electrons. The average Bonchev–Trinajstić information content (AvgIpc) is 3.15. The van der Waals surface area contributed by atoms with Gasteiger partial charge < -0.3 is 24.4 Å². The molecule has 2 amide bonds. The molecule has 2 fully saturated rings. The molecule has 4 aliphatic heterocycles. The lowest BCUT2D eigenvalue weighted by atomic mass is 9.73. The van der Waals surface area contributed by atoms with Gasteiger partial charge in [0.05, 0.1) is 5.92 Å². The van der Waals surface area contributed by atoms with Crippen molar-refractivity contribution in [1.82, 2.24) is 4.90 Å². The molecular formula is C29H36N2O6. The summed E-state index contributed by atoms with van der Waals surface area (Å²) in [6.07, 6.45) is 9.86. The highest BCUT2D eigenvalue weighted by molar-refractivity contribution is 6.06. The standard InChI is InChI=1S/C29H36N2O6/c1-4-28-12-9-17-36-27(35)23(28)22-25(33)31(14-6-5-7-16-32)24-26(34)30(15-8-13-29(22,24)37-28)21-18-19(2)10-11-20(21)3/h8-13,18,22-24,32H,4-7,14-17H2,1-3H3/t22-,23-,24?,28+,29-/m0/s1. The van der Waals surface area contributed by atoms with Gasteiger partial charge in [-0.05, 0) is 62.8 Å². The fourth-order valence-corrected chi connectivity index (χ4v) is 6.63. The molecule has 0 bridgehead atoms. The second-order valence-corrected chi connectivity index (χ2v) is 10.6. The first-order valence-electron chi connectivity index (χ1n) is 13.3. The molecule has 1 aromatic rings. The molecule has 8 heteroatoms. The van der Waals surface area contributed by atoms with Crippen molar-refractivity contribution in [2.24, 2.45) is 11.8 Å². The SMILES string of the molecule is CC[C@@]12C=CCOC(=O)[C@@H]1[C@H]1C(=O)N(CCCCCO)C3C(=O)N(c4cc(C)ccc4C)CC=C[C@@]31O2. The lowest BCUT2D eigenvalue weighted by Crippen LogP contribution is -2.56. The highest BCUT2D eigenvalue weighted by Crippen LogP contribution is 2.58. The van der Waals surface area contributed by atoms with E-state index in [1.54, 1.807) is 15.9 Å². The monoisotopic (exact) mass is 508 g/mol. The number of hydrogen-bond acceptors (Lipinski definition) is 6. The van der Waals surface area contributed by atoms with Crippen LogP contribution in [-0.2, 0) is 23.9 Å². The number of aliphatic hydroxyl groups excluding tert-OH is 1. The number of cyclic esters (lactones) is 1. The summed E-state index contributed by atoms with van der Waals surface area (Å²) in [7, 11) is 0. The molecule has 1 spiro atoms. The molecule has 198 valence electrons. The van der Waals surface area contributed by atoms with Gasteiger partial charge in [-0.1, -0.05) is 37.3 Å². The van der Waals surface area contributed by atoms with Crippen LogP contribution in [-0.4, -0.2) is 71.3 Å². The number of carbonyl (C=O) groups excluding carboxylic acids is 3. The van der Waals surface area contributed by atoms with Crippen LogP contribution in [0.5, 0.6) is 0 Å². The highest BCUT2D eigenvalue weighted by atomic mass is 16.6. The number of nitrogens with zero attached hydrogens (tertiary/aromatic N) is 2. The summed E-state index contributed by atoms with van der Waals surface area (Å²) >= 11 is 0. The molecule has 1 aromatic carbocycles. The number of esters is 1. The minimum absolute atomic E-state index is 0.0778. The van der Waals surface area contributed by atoms with Gasteiger partial charge >= 0.3 is 5.97 Å². The van der Waals surface area contributed by atoms with E-state index in [4.69, 9.17) is 9.47 Å². The maximum absolute atomic E-state index is 14.5. The lowest BCUT2D eigenvalue weighted by Gasteiger charge is -2.38. The number of aryl methyl sites for hydroxylation is 2. The Morgan fingerprint density at radius 1 is 1.03 bits per heavy atom. The summed E-state index contributed by atoms with van der Waals surface area (Å²) < 4.78 is 12.3. The van der Waals surface area contributed by atoms with Crippen molar-refractivity contribution >= 4 is 23.5 Å². The predicted molar refractivity (Wildman–Crippen MR) is 138 cm³/mol. The molecule has 4 heterocycles. The Labute approximate surface area is 217 Å². The van der Waals surface area contributed by atoms with Gasteiger partial charge in [-0.15, -0.1) is 0 Å². The van der Waals surface area contributed by atoms with E-state index < -0.39 is 35.0 Å². The third kappa shape index (κ3) is 3.92. The summed E-state index contributed by atoms with van der Waals surface area (Å²) in [5.41, 5.74) is 0.509. The minimum atomic E-state index is -1.28. The van der Waals surface area contributed by atoms with Crippen LogP contribution in [0.1, 0.15) is 43.7 Å². The maximum atomic E-state index is 14.5. The quantitative estimate of drug-likeness (QED) is 0.346. The summed E-state index contributed by atoms with van der Waals surface area (Å²) in [6.45, 7) is 6.80. The van der Waals surface area contributed by atoms with Crippen molar-refractivity contribution in [2.75, 3.05) is 31.2 Å². The first-order valence-corrected chi connectivity index (χ1v) is 13.3. The van der Waals surface area contributed by atoms with Gasteiger partial charge in [-0.3, -0.25) is 14.4 Å². The van der Waals surface area contributed by atoms with Gasteiger partial charge in [0.1, 0.15) is 29.8 Å². The number of fused-ring (bicyclic) bond motifs is 2. The predicted octanol–water partition coefficient (Wildman–Crippen LogP) is 2.84. The fraction of sp³-hybridized carbons (Fsp3) is 0.552. The molecule has 5 rings (SSSR count). The number of carbonyl (C=O) groups is 3. The van der Waals surface area contributed by atoms with E-state index >= 15 is 0 Å². The normalized spacial score (nSPS) is 32.6. The number of benzene rings is 1. The topological polar surface area (TPSA) is 96.4 Å². The molecule has 0 aliphatic carbocycles. The fourth-order valence-electron chi connectivity index (χ4n) is 6.63. The van der Waals surface area contributed by atoms with Gasteiger partial charge in [0.25, 0.3) is 5.91 Å². The largest absolute Gasteiger partial charge is 0.461 e. The van der Waals surface area contributed by atoms with Crippen LogP contribution in [0.2, 0.25) is 0 Å². The Bertz CT molecular complexity index is 1160. The molecule has 5 atom stereocenters. The second kappa shape index (κ2) is 9.72. The molecule has 0 aromatic heterocycles. The zero-order valence-corrected chi connectivity index (χ0v) is 21.8. The van der Waals surface area contributed by atoms with Crippen molar-refractivity contribution in [1.29, 1.82) is 0 Å². The number of aliphatic hydroxyl groups is 1. The Kier molecular flexibility index (Phi) is 6.75. The first kappa shape index (κ1) is 25.7. The van der Waals surface area contributed by atoms with Gasteiger partial charge in [-0.25, -0.2) is 0 Å². The Morgan fingerprint density at radius 3 is 2.59 bits per heavy atom. The summed E-state index contributed by atoms with van der Waals surface area (Å²) in [6, 6.07) is 5.09. The van der Waals surface area contributed by atoms with Crippen molar-refractivity contribution in [3.05, 3.63) is 53.6 Å². The molecule has 1 unspecified atom stereocenters. The lowest BCUT2D eigenvalue weighted by molar-refractivity contribution is -0.157. The number of unbranched alkanes of at least 4 members (excludes halogenated alkanes) is 2. The van der Waals surface area contributed by atoms with Gasteiger partial charge in [0.15, 0.2) is 0 Å². The number of rotatable bonds is 7. The first-order chi connectivity index (χ1) is 17.8.